The van der Waals surface area contributed by atoms with E-state index in [1.54, 1.807) is 48.7 Å². The Balaban J connectivity index is 1.66. The zero-order valence-electron chi connectivity index (χ0n) is 15.9. The van der Waals surface area contributed by atoms with E-state index in [-0.39, 0.29) is 11.9 Å². The summed E-state index contributed by atoms with van der Waals surface area (Å²) in [5.41, 5.74) is 2.62. The van der Waals surface area contributed by atoms with Crippen molar-refractivity contribution in [2.75, 3.05) is 11.4 Å². The van der Waals surface area contributed by atoms with Gasteiger partial charge >= 0.3 is 0 Å². The highest BCUT2D eigenvalue weighted by Gasteiger charge is 2.35. The first-order chi connectivity index (χ1) is 14.4. The van der Waals surface area contributed by atoms with Gasteiger partial charge < -0.3 is 4.42 Å². The molecule has 0 radical (unpaired) electrons. The molecule has 154 valence electrons. The predicted molar refractivity (Wildman–Crippen MR) is 118 cm³/mol. The molecule has 3 aromatic rings. The van der Waals surface area contributed by atoms with Gasteiger partial charge in [-0.2, -0.15) is 5.10 Å². The van der Waals surface area contributed by atoms with Gasteiger partial charge in [-0.05, 0) is 54.1 Å². The molecule has 1 aliphatic heterocycles. The summed E-state index contributed by atoms with van der Waals surface area (Å²) in [6, 6.07) is 17.4. The number of carbonyl (C=O) groups is 1. The first-order valence-electron chi connectivity index (χ1n) is 9.12. The lowest BCUT2D eigenvalue weighted by molar-refractivity contribution is 0.0693. The van der Waals surface area contributed by atoms with E-state index in [1.807, 2.05) is 18.2 Å². The van der Waals surface area contributed by atoms with Crippen LogP contribution in [-0.2, 0) is 10.9 Å². The van der Waals surface area contributed by atoms with Crippen molar-refractivity contribution >= 4 is 44.1 Å². The number of halogens is 1. The van der Waals surface area contributed by atoms with Gasteiger partial charge in [0, 0.05) is 23.5 Å². The average molecular weight is 488 g/mol. The molecule has 0 N–H and O–H groups in total. The Morgan fingerprint density at radius 3 is 2.43 bits per heavy atom. The van der Waals surface area contributed by atoms with Crippen LogP contribution in [0.15, 0.2) is 80.9 Å². The first-order valence-corrected chi connectivity index (χ1v) is 11.0. The fraction of sp³-hybridized carbons (Fsp3) is 0.143. The van der Waals surface area contributed by atoms with Gasteiger partial charge in [-0.1, -0.05) is 28.1 Å². The minimum Gasteiger partial charge on any atom is -0.467 e. The normalized spacial score (nSPS) is 16.0. The zero-order valence-corrected chi connectivity index (χ0v) is 18.4. The van der Waals surface area contributed by atoms with Crippen molar-refractivity contribution in [3.63, 3.8) is 0 Å². The summed E-state index contributed by atoms with van der Waals surface area (Å²) in [7, 11) is -1.21. The molecule has 0 aliphatic carbocycles. The van der Waals surface area contributed by atoms with Gasteiger partial charge in [0.15, 0.2) is 0 Å². The van der Waals surface area contributed by atoms with Gasteiger partial charge in [0.05, 0.1) is 17.7 Å². The summed E-state index contributed by atoms with van der Waals surface area (Å²) in [5.74, 6) is 0.428. The molecule has 1 amide bonds. The lowest BCUT2D eigenvalue weighted by Crippen LogP contribution is -2.26. The highest BCUT2D eigenvalue weighted by atomic mass is 79.9. The monoisotopic (exact) mass is 487 g/mol. The third-order valence-corrected chi connectivity index (χ3v) is 6.15. The first kappa shape index (κ1) is 20.4. The molecule has 2 heterocycles. The number of hydrogen-bond donors (Lipinski definition) is 1. The second-order valence-electron chi connectivity index (χ2n) is 6.75. The van der Waals surface area contributed by atoms with Crippen molar-refractivity contribution in [3.8, 4) is 0 Å². The largest absolute Gasteiger partial charge is 0.467 e. The second kappa shape index (κ2) is 8.45. The van der Waals surface area contributed by atoms with Crippen LogP contribution in [0, 0.1) is 0 Å². The lowest BCUT2D eigenvalue weighted by atomic mass is 10.0. The van der Waals surface area contributed by atoms with Crippen molar-refractivity contribution < 1.29 is 17.6 Å². The van der Waals surface area contributed by atoms with Crippen LogP contribution < -0.4 is 4.31 Å². The number of benzene rings is 2. The van der Waals surface area contributed by atoms with Gasteiger partial charge in [-0.25, -0.2) is 13.4 Å². The van der Waals surface area contributed by atoms with Crippen molar-refractivity contribution in [1.82, 2.24) is 5.01 Å². The van der Waals surface area contributed by atoms with Crippen LogP contribution in [0.25, 0.3) is 0 Å². The predicted octanol–water partition coefficient (Wildman–Crippen LogP) is 4.00. The molecule has 1 aromatic heterocycles. The van der Waals surface area contributed by atoms with Crippen molar-refractivity contribution in [2.24, 2.45) is 5.10 Å². The van der Waals surface area contributed by atoms with E-state index in [1.165, 1.54) is 16.4 Å². The summed E-state index contributed by atoms with van der Waals surface area (Å²) >= 11 is 3.38. The molecule has 0 fully saturated rings. The van der Waals surface area contributed by atoms with Crippen LogP contribution >= 0.6 is 15.9 Å². The highest BCUT2D eigenvalue weighted by Crippen LogP contribution is 2.34. The summed E-state index contributed by atoms with van der Waals surface area (Å²) < 4.78 is 30.0. The fourth-order valence-corrected chi connectivity index (χ4v) is 3.85. The molecule has 0 saturated heterocycles. The van der Waals surface area contributed by atoms with Crippen molar-refractivity contribution in [3.05, 3.63) is 88.3 Å². The van der Waals surface area contributed by atoms with E-state index >= 15 is 0 Å². The van der Waals surface area contributed by atoms with Gasteiger partial charge in [0.1, 0.15) is 11.8 Å². The van der Waals surface area contributed by atoms with Gasteiger partial charge in [-0.15, -0.1) is 0 Å². The second-order valence-corrected chi connectivity index (χ2v) is 8.74. The summed E-state index contributed by atoms with van der Waals surface area (Å²) in [4.78, 5) is 13.1. The van der Waals surface area contributed by atoms with Crippen molar-refractivity contribution in [2.45, 2.75) is 12.5 Å². The van der Waals surface area contributed by atoms with Gasteiger partial charge in [0.2, 0.25) is 10.9 Å². The van der Waals surface area contributed by atoms with Crippen LogP contribution in [-0.4, -0.2) is 32.1 Å². The summed E-state index contributed by atoms with van der Waals surface area (Å²) in [5, 5.41) is 6.05. The summed E-state index contributed by atoms with van der Waals surface area (Å²) in [6.45, 7) is 0. The van der Waals surface area contributed by atoms with E-state index in [0.717, 1.165) is 15.7 Å². The topological polar surface area (TPSA) is 83.2 Å². The molecule has 0 saturated carbocycles. The summed E-state index contributed by atoms with van der Waals surface area (Å²) in [6.07, 6.45) is 2.06. The number of hydrogen-bond acceptors (Lipinski definition) is 5. The van der Waals surface area contributed by atoms with Crippen LogP contribution in [0.3, 0.4) is 0 Å². The Morgan fingerprint density at radius 2 is 1.83 bits per heavy atom. The number of hydrazone groups is 1. The molecule has 1 atom stereocenters. The number of anilines is 1. The van der Waals surface area contributed by atoms with E-state index in [2.05, 4.69) is 21.0 Å². The molecule has 30 heavy (non-hydrogen) atoms. The van der Waals surface area contributed by atoms with E-state index in [4.69, 9.17) is 4.42 Å². The van der Waals surface area contributed by atoms with E-state index < -0.39 is 10.9 Å². The minimum absolute atomic E-state index is 0.224. The zero-order chi connectivity index (χ0) is 21.3. The third kappa shape index (κ3) is 4.03. The number of furan rings is 1. The maximum atomic E-state index is 13.1. The number of carbonyl (C=O) groups excluding carboxylic acids is 1. The van der Waals surface area contributed by atoms with E-state index in [0.29, 0.717) is 23.4 Å². The molecule has 1 unspecified atom stereocenters. The average Bonchev–Trinajstić information content (AvgIpc) is 3.43. The number of thiol groups is 1. The molecule has 9 heteroatoms. The van der Waals surface area contributed by atoms with Gasteiger partial charge in [0.25, 0.3) is 5.91 Å². The van der Waals surface area contributed by atoms with Crippen molar-refractivity contribution in [1.29, 1.82) is 0 Å². The Labute approximate surface area is 183 Å². The Hall–Kier alpha value is -2.91. The van der Waals surface area contributed by atoms with E-state index in [9.17, 15) is 13.2 Å². The number of nitrogens with zero attached hydrogens (tertiary/aromatic N) is 3. The molecule has 0 bridgehead atoms. The Morgan fingerprint density at radius 1 is 1.13 bits per heavy atom. The molecular formula is C21H18BrN3O4S. The smallest absolute Gasteiger partial charge is 0.274 e. The minimum atomic E-state index is -2.70. The lowest BCUT2D eigenvalue weighted by Gasteiger charge is -2.19. The fourth-order valence-electron chi connectivity index (χ4n) is 3.26. The maximum Gasteiger partial charge on any atom is 0.274 e. The quantitative estimate of drug-likeness (QED) is 0.551. The standard InChI is InChI=1S/C21H18BrN3O4S/c1-24(30(27)28)17-10-6-14(7-11-17)18-13-19(20-3-2-12-29-20)25(23-18)21(26)15-4-8-16(22)9-5-15/h2-12,19,30H,13H2,1H3. The molecular weight excluding hydrogens is 470 g/mol. The number of amides is 1. The van der Waals surface area contributed by atoms with Crippen LogP contribution in [0.1, 0.15) is 34.1 Å². The molecule has 0 spiro atoms. The van der Waals surface area contributed by atoms with Crippen LogP contribution in [0.2, 0.25) is 0 Å². The molecule has 7 nitrogen and oxygen atoms in total. The maximum absolute atomic E-state index is 13.1. The SMILES string of the molecule is CN(c1ccc(C2=NN(C(=O)c3ccc(Br)cc3)C(c3ccco3)C2)cc1)[SH](=O)=O. The molecule has 4 rings (SSSR count). The Bertz CT molecular complexity index is 1150. The molecule has 2 aromatic carbocycles. The molecule has 1 aliphatic rings. The number of rotatable bonds is 5. The highest BCUT2D eigenvalue weighted by molar-refractivity contribution is 9.10. The third-order valence-electron chi connectivity index (χ3n) is 4.90. The van der Waals surface area contributed by atoms with Crippen LogP contribution in [0.5, 0.6) is 0 Å². The Kier molecular flexibility index (Phi) is 5.74. The van der Waals surface area contributed by atoms with Crippen LogP contribution in [0.4, 0.5) is 5.69 Å². The van der Waals surface area contributed by atoms with Gasteiger partial charge in [-0.3, -0.25) is 9.10 Å².